The highest BCUT2D eigenvalue weighted by Gasteiger charge is 2.11. The number of hydrogen-bond acceptors (Lipinski definition) is 2. The normalized spacial score (nSPS) is 12.5. The second kappa shape index (κ2) is 5.39. The molecule has 2 nitrogen and oxygen atoms in total. The Bertz CT molecular complexity index is 717. The zero-order valence-electron chi connectivity index (χ0n) is 11.0. The van der Waals surface area contributed by atoms with Crippen LogP contribution < -0.4 is 5.73 Å². The summed E-state index contributed by atoms with van der Waals surface area (Å²) in [6.45, 7) is 0. The molecule has 2 aromatic carbocycles. The third-order valence-electron chi connectivity index (χ3n) is 3.47. The van der Waals surface area contributed by atoms with E-state index in [2.05, 4.69) is 11.1 Å². The summed E-state index contributed by atoms with van der Waals surface area (Å²) in [5.41, 5.74) is 8.34. The van der Waals surface area contributed by atoms with Crippen molar-refractivity contribution in [3.05, 3.63) is 77.9 Å². The van der Waals surface area contributed by atoms with Crippen LogP contribution >= 0.6 is 0 Å². The third-order valence-corrected chi connectivity index (χ3v) is 3.47. The van der Waals surface area contributed by atoms with Gasteiger partial charge < -0.3 is 5.73 Å². The number of aromatic nitrogens is 1. The van der Waals surface area contributed by atoms with Crippen LogP contribution in [0.2, 0.25) is 0 Å². The van der Waals surface area contributed by atoms with E-state index in [0.29, 0.717) is 6.42 Å². The van der Waals surface area contributed by atoms with Crippen molar-refractivity contribution in [2.24, 2.45) is 5.73 Å². The van der Waals surface area contributed by atoms with E-state index < -0.39 is 0 Å². The SMILES string of the molecule is NC(Cc1ccc(F)cc1)c1cncc2ccccc12. The fourth-order valence-corrected chi connectivity index (χ4v) is 2.42. The molecule has 1 heterocycles. The Morgan fingerprint density at radius 3 is 2.55 bits per heavy atom. The number of nitrogens with zero attached hydrogens (tertiary/aromatic N) is 1. The van der Waals surface area contributed by atoms with E-state index in [1.54, 1.807) is 12.1 Å². The molecule has 3 aromatic rings. The molecule has 0 aliphatic rings. The van der Waals surface area contributed by atoms with Crippen LogP contribution in [0.15, 0.2) is 60.9 Å². The lowest BCUT2D eigenvalue weighted by Crippen LogP contribution is -2.14. The number of pyridine rings is 1. The number of nitrogens with two attached hydrogens (primary N) is 1. The maximum absolute atomic E-state index is 12.9. The van der Waals surface area contributed by atoms with Crippen LogP contribution in [-0.4, -0.2) is 4.98 Å². The zero-order chi connectivity index (χ0) is 13.9. The minimum atomic E-state index is -0.228. The number of benzene rings is 2. The summed E-state index contributed by atoms with van der Waals surface area (Å²) in [5, 5.41) is 2.21. The van der Waals surface area contributed by atoms with Crippen molar-refractivity contribution in [3.63, 3.8) is 0 Å². The topological polar surface area (TPSA) is 38.9 Å². The summed E-state index contributed by atoms with van der Waals surface area (Å²) in [5.74, 6) is -0.228. The lowest BCUT2D eigenvalue weighted by molar-refractivity contribution is 0.625. The second-order valence-electron chi connectivity index (χ2n) is 4.89. The average Bonchev–Trinajstić information content (AvgIpc) is 2.49. The molecule has 0 fully saturated rings. The maximum Gasteiger partial charge on any atom is 0.123 e. The van der Waals surface area contributed by atoms with Crippen molar-refractivity contribution >= 4 is 10.8 Å². The molecule has 0 aliphatic heterocycles. The fourth-order valence-electron chi connectivity index (χ4n) is 2.42. The molecule has 1 unspecified atom stereocenters. The van der Waals surface area contributed by atoms with Crippen molar-refractivity contribution in [2.45, 2.75) is 12.5 Å². The van der Waals surface area contributed by atoms with E-state index in [4.69, 9.17) is 5.73 Å². The fraction of sp³-hybridized carbons (Fsp3) is 0.118. The molecule has 0 radical (unpaired) electrons. The van der Waals surface area contributed by atoms with Gasteiger partial charge in [0.2, 0.25) is 0 Å². The van der Waals surface area contributed by atoms with Crippen molar-refractivity contribution < 1.29 is 4.39 Å². The number of rotatable bonds is 3. The quantitative estimate of drug-likeness (QED) is 0.786. The van der Waals surface area contributed by atoms with Crippen molar-refractivity contribution in [3.8, 4) is 0 Å². The summed E-state index contributed by atoms with van der Waals surface area (Å²) in [4.78, 5) is 4.25. The first-order valence-electron chi connectivity index (χ1n) is 6.57. The van der Waals surface area contributed by atoms with E-state index in [9.17, 15) is 4.39 Å². The van der Waals surface area contributed by atoms with Crippen molar-refractivity contribution in [1.82, 2.24) is 4.98 Å². The molecule has 0 spiro atoms. The summed E-state index contributed by atoms with van der Waals surface area (Å²) in [6.07, 6.45) is 4.32. The summed E-state index contributed by atoms with van der Waals surface area (Å²) in [7, 11) is 0. The molecule has 0 saturated heterocycles. The molecule has 0 bridgehead atoms. The Morgan fingerprint density at radius 1 is 1.00 bits per heavy atom. The van der Waals surface area contributed by atoms with Crippen LogP contribution in [0.1, 0.15) is 17.2 Å². The Labute approximate surface area is 117 Å². The Balaban J connectivity index is 1.92. The molecule has 0 saturated carbocycles. The predicted octanol–water partition coefficient (Wildman–Crippen LogP) is 3.62. The van der Waals surface area contributed by atoms with Gasteiger partial charge >= 0.3 is 0 Å². The summed E-state index contributed by atoms with van der Waals surface area (Å²) < 4.78 is 12.9. The minimum absolute atomic E-state index is 0.154. The lowest BCUT2D eigenvalue weighted by Gasteiger charge is -2.14. The molecule has 1 aromatic heterocycles. The number of hydrogen-bond donors (Lipinski definition) is 1. The molecule has 3 heteroatoms. The van der Waals surface area contributed by atoms with Gasteiger partial charge in [0.25, 0.3) is 0 Å². The van der Waals surface area contributed by atoms with Gasteiger partial charge in [-0.05, 0) is 35.1 Å². The maximum atomic E-state index is 12.9. The van der Waals surface area contributed by atoms with Crippen LogP contribution in [0.4, 0.5) is 4.39 Å². The first-order valence-corrected chi connectivity index (χ1v) is 6.57. The Morgan fingerprint density at radius 2 is 1.75 bits per heavy atom. The third kappa shape index (κ3) is 2.53. The summed E-state index contributed by atoms with van der Waals surface area (Å²) >= 11 is 0. The molecule has 0 amide bonds. The van der Waals surface area contributed by atoms with Gasteiger partial charge in [0, 0.05) is 23.8 Å². The van der Waals surface area contributed by atoms with Gasteiger partial charge in [-0.2, -0.15) is 0 Å². The second-order valence-corrected chi connectivity index (χ2v) is 4.89. The van der Waals surface area contributed by atoms with E-state index in [0.717, 1.165) is 21.9 Å². The van der Waals surface area contributed by atoms with Gasteiger partial charge in [-0.1, -0.05) is 36.4 Å². The number of halogens is 1. The van der Waals surface area contributed by atoms with Crippen LogP contribution in [0.3, 0.4) is 0 Å². The molecule has 20 heavy (non-hydrogen) atoms. The number of fused-ring (bicyclic) bond motifs is 1. The summed E-state index contributed by atoms with van der Waals surface area (Å²) in [6, 6.07) is 14.4. The standard InChI is InChI=1S/C17H15FN2/c18-14-7-5-12(6-8-14)9-17(19)16-11-20-10-13-3-1-2-4-15(13)16/h1-8,10-11,17H,9,19H2. The van der Waals surface area contributed by atoms with E-state index in [1.165, 1.54) is 12.1 Å². The molecule has 0 aliphatic carbocycles. The van der Waals surface area contributed by atoms with E-state index >= 15 is 0 Å². The first kappa shape index (κ1) is 12.8. The average molecular weight is 266 g/mol. The van der Waals surface area contributed by atoms with Gasteiger partial charge in [0.1, 0.15) is 5.82 Å². The molecular weight excluding hydrogens is 251 g/mol. The van der Waals surface area contributed by atoms with Crippen molar-refractivity contribution in [2.75, 3.05) is 0 Å². The minimum Gasteiger partial charge on any atom is -0.324 e. The highest BCUT2D eigenvalue weighted by atomic mass is 19.1. The van der Waals surface area contributed by atoms with Crippen LogP contribution in [0.5, 0.6) is 0 Å². The smallest absolute Gasteiger partial charge is 0.123 e. The predicted molar refractivity (Wildman–Crippen MR) is 78.8 cm³/mol. The highest BCUT2D eigenvalue weighted by molar-refractivity contribution is 5.85. The van der Waals surface area contributed by atoms with Crippen molar-refractivity contribution in [1.29, 1.82) is 0 Å². The largest absolute Gasteiger partial charge is 0.324 e. The van der Waals surface area contributed by atoms with Crippen LogP contribution in [0.25, 0.3) is 10.8 Å². The molecule has 1 atom stereocenters. The van der Waals surface area contributed by atoms with Gasteiger partial charge in [0.05, 0.1) is 0 Å². The van der Waals surface area contributed by atoms with E-state index in [1.807, 2.05) is 30.6 Å². The van der Waals surface area contributed by atoms with E-state index in [-0.39, 0.29) is 11.9 Å². The van der Waals surface area contributed by atoms with Gasteiger partial charge in [-0.25, -0.2) is 4.39 Å². The first-order chi connectivity index (χ1) is 9.74. The molecular formula is C17H15FN2. The molecule has 3 rings (SSSR count). The monoisotopic (exact) mass is 266 g/mol. The Hall–Kier alpha value is -2.26. The Kier molecular flexibility index (Phi) is 3.44. The lowest BCUT2D eigenvalue weighted by atomic mass is 9.97. The van der Waals surface area contributed by atoms with Gasteiger partial charge in [0.15, 0.2) is 0 Å². The zero-order valence-corrected chi connectivity index (χ0v) is 11.0. The van der Waals surface area contributed by atoms with Gasteiger partial charge in [-0.15, -0.1) is 0 Å². The van der Waals surface area contributed by atoms with Gasteiger partial charge in [-0.3, -0.25) is 4.98 Å². The molecule has 2 N–H and O–H groups in total. The van der Waals surface area contributed by atoms with Crippen LogP contribution in [-0.2, 0) is 6.42 Å². The molecule has 100 valence electrons. The highest BCUT2D eigenvalue weighted by Crippen LogP contribution is 2.24. The van der Waals surface area contributed by atoms with Crippen LogP contribution in [0, 0.1) is 5.82 Å².